The molecule has 0 spiro atoms. The van der Waals surface area contributed by atoms with Crippen LogP contribution in [0.25, 0.3) is 22.0 Å². The maximum Gasteiger partial charge on any atom is 0.355 e. The number of sulfonamides is 1. The lowest BCUT2D eigenvalue weighted by Gasteiger charge is -2.12. The average Bonchev–Trinajstić information content (AvgIpc) is 3.06. The van der Waals surface area contributed by atoms with Gasteiger partial charge in [-0.25, -0.2) is 17.5 Å². The molecule has 0 unspecified atom stereocenters. The van der Waals surface area contributed by atoms with Gasteiger partial charge in [0, 0.05) is 25.0 Å². The van der Waals surface area contributed by atoms with E-state index in [0.717, 1.165) is 22.0 Å². The largest absolute Gasteiger partial charge is 0.464 e. The SMILES string of the molecule is COC(=O)c1[nH]c2c(C(C)C)cccc2c1-c1ccc(S(=O)(=O)N(C)C)cc1. The van der Waals surface area contributed by atoms with Crippen LogP contribution < -0.4 is 0 Å². The molecule has 6 nitrogen and oxygen atoms in total. The summed E-state index contributed by atoms with van der Waals surface area (Å²) in [6.45, 7) is 4.18. The minimum absolute atomic E-state index is 0.198. The topological polar surface area (TPSA) is 79.5 Å². The lowest BCUT2D eigenvalue weighted by Crippen LogP contribution is -2.22. The van der Waals surface area contributed by atoms with Gasteiger partial charge in [-0.2, -0.15) is 0 Å². The maximum absolute atomic E-state index is 12.4. The lowest BCUT2D eigenvalue weighted by molar-refractivity contribution is 0.0596. The number of nitrogens with zero attached hydrogens (tertiary/aromatic N) is 1. The van der Waals surface area contributed by atoms with E-state index in [9.17, 15) is 13.2 Å². The van der Waals surface area contributed by atoms with Crippen molar-refractivity contribution in [3.63, 3.8) is 0 Å². The van der Waals surface area contributed by atoms with Crippen LogP contribution in [0.3, 0.4) is 0 Å². The Morgan fingerprint density at radius 3 is 2.25 bits per heavy atom. The number of esters is 1. The first kappa shape index (κ1) is 20.1. The van der Waals surface area contributed by atoms with E-state index in [2.05, 4.69) is 18.8 Å². The average molecular weight is 401 g/mol. The fourth-order valence-corrected chi connectivity index (χ4v) is 4.18. The zero-order chi connectivity index (χ0) is 20.6. The van der Waals surface area contributed by atoms with Crippen molar-refractivity contribution in [1.29, 1.82) is 0 Å². The van der Waals surface area contributed by atoms with Crippen LogP contribution in [0.4, 0.5) is 0 Å². The fourth-order valence-electron chi connectivity index (χ4n) is 3.28. The lowest BCUT2D eigenvalue weighted by atomic mass is 9.97. The third-order valence-electron chi connectivity index (χ3n) is 4.80. The van der Waals surface area contributed by atoms with E-state index in [1.54, 1.807) is 24.3 Å². The molecule has 0 aliphatic rings. The standard InChI is InChI=1S/C21H24N2O4S/c1-13(2)16-7-6-8-17-18(20(21(24)27-5)22-19(16)17)14-9-11-15(12-10-14)28(25,26)23(3)4/h6-13,22H,1-5H3. The van der Waals surface area contributed by atoms with Gasteiger partial charge in [0.05, 0.1) is 17.5 Å². The number of rotatable bonds is 5. The Labute approximate surface area is 165 Å². The maximum atomic E-state index is 12.4. The molecule has 0 saturated heterocycles. The number of para-hydroxylation sites is 1. The second-order valence-corrected chi connectivity index (χ2v) is 9.25. The minimum Gasteiger partial charge on any atom is -0.464 e. The van der Waals surface area contributed by atoms with Crippen molar-refractivity contribution in [2.75, 3.05) is 21.2 Å². The molecule has 148 valence electrons. The normalized spacial score (nSPS) is 12.1. The molecule has 0 atom stereocenters. The first-order valence-electron chi connectivity index (χ1n) is 8.94. The van der Waals surface area contributed by atoms with E-state index < -0.39 is 16.0 Å². The highest BCUT2D eigenvalue weighted by atomic mass is 32.2. The first-order chi connectivity index (χ1) is 13.2. The summed E-state index contributed by atoms with van der Waals surface area (Å²) in [5.41, 5.74) is 3.79. The second kappa shape index (κ2) is 7.41. The summed E-state index contributed by atoms with van der Waals surface area (Å²) in [5, 5.41) is 0.898. The van der Waals surface area contributed by atoms with Crippen LogP contribution in [0.15, 0.2) is 47.4 Å². The van der Waals surface area contributed by atoms with Gasteiger partial charge < -0.3 is 9.72 Å². The molecule has 1 N–H and O–H groups in total. The van der Waals surface area contributed by atoms with Crippen molar-refractivity contribution >= 4 is 26.9 Å². The van der Waals surface area contributed by atoms with Crippen molar-refractivity contribution in [2.45, 2.75) is 24.7 Å². The van der Waals surface area contributed by atoms with Gasteiger partial charge >= 0.3 is 5.97 Å². The molecule has 2 aromatic carbocycles. The summed E-state index contributed by atoms with van der Waals surface area (Å²) < 4.78 is 30.8. The molecule has 0 radical (unpaired) electrons. The summed E-state index contributed by atoms with van der Waals surface area (Å²) in [6.07, 6.45) is 0. The van der Waals surface area contributed by atoms with Gasteiger partial charge in [0.15, 0.2) is 0 Å². The molecule has 28 heavy (non-hydrogen) atoms. The molecule has 1 heterocycles. The predicted octanol–water partition coefficient (Wildman–Crippen LogP) is 4.00. The number of aromatic amines is 1. The van der Waals surface area contributed by atoms with Crippen molar-refractivity contribution < 1.29 is 17.9 Å². The summed E-state index contributed by atoms with van der Waals surface area (Å²) in [4.78, 5) is 15.8. The van der Waals surface area contributed by atoms with Gasteiger partial charge in [-0.15, -0.1) is 0 Å². The van der Waals surface area contributed by atoms with E-state index in [4.69, 9.17) is 4.74 Å². The van der Waals surface area contributed by atoms with Crippen molar-refractivity contribution in [3.05, 3.63) is 53.7 Å². The van der Waals surface area contributed by atoms with Gasteiger partial charge in [0.2, 0.25) is 10.0 Å². The smallest absolute Gasteiger partial charge is 0.355 e. The second-order valence-electron chi connectivity index (χ2n) is 7.10. The molecule has 0 bridgehead atoms. The highest BCUT2D eigenvalue weighted by Crippen LogP contribution is 2.36. The first-order valence-corrected chi connectivity index (χ1v) is 10.4. The molecule has 0 fully saturated rings. The number of fused-ring (bicyclic) bond motifs is 1. The number of carbonyl (C=O) groups excluding carboxylic acids is 1. The number of aromatic nitrogens is 1. The van der Waals surface area contributed by atoms with Crippen molar-refractivity contribution in [2.24, 2.45) is 0 Å². The highest BCUT2D eigenvalue weighted by molar-refractivity contribution is 7.89. The number of hydrogen-bond donors (Lipinski definition) is 1. The summed E-state index contributed by atoms with van der Waals surface area (Å²) >= 11 is 0. The molecular weight excluding hydrogens is 376 g/mol. The van der Waals surface area contributed by atoms with Crippen LogP contribution in [0, 0.1) is 0 Å². The molecular formula is C21H24N2O4S. The van der Waals surface area contributed by atoms with Crippen LogP contribution in [0.2, 0.25) is 0 Å². The molecule has 7 heteroatoms. The van der Waals surface area contributed by atoms with Gasteiger partial charge in [-0.3, -0.25) is 0 Å². The van der Waals surface area contributed by atoms with E-state index in [-0.39, 0.29) is 10.8 Å². The number of ether oxygens (including phenoxy) is 1. The zero-order valence-corrected chi connectivity index (χ0v) is 17.4. The predicted molar refractivity (Wildman–Crippen MR) is 110 cm³/mol. The number of methoxy groups -OCH3 is 1. The van der Waals surface area contributed by atoms with Gasteiger partial charge in [-0.05, 0) is 29.2 Å². The Balaban J connectivity index is 2.25. The molecule has 1 aromatic heterocycles. The molecule has 3 rings (SSSR count). The number of benzene rings is 2. The van der Waals surface area contributed by atoms with Gasteiger partial charge in [-0.1, -0.05) is 44.2 Å². The van der Waals surface area contributed by atoms with Crippen LogP contribution in [-0.4, -0.2) is 44.9 Å². The molecule has 0 amide bonds. The summed E-state index contributed by atoms with van der Waals surface area (Å²) in [5.74, 6) is -0.195. The van der Waals surface area contributed by atoms with Crippen LogP contribution in [-0.2, 0) is 14.8 Å². The van der Waals surface area contributed by atoms with Gasteiger partial charge in [0.1, 0.15) is 5.69 Å². The van der Waals surface area contributed by atoms with Gasteiger partial charge in [0.25, 0.3) is 0 Å². The Morgan fingerprint density at radius 1 is 1.07 bits per heavy atom. The van der Waals surface area contributed by atoms with Crippen molar-refractivity contribution in [1.82, 2.24) is 9.29 Å². The third kappa shape index (κ3) is 3.31. The minimum atomic E-state index is -3.52. The Morgan fingerprint density at radius 2 is 1.71 bits per heavy atom. The Kier molecular flexibility index (Phi) is 5.32. The monoisotopic (exact) mass is 400 g/mol. The number of H-pyrrole nitrogens is 1. The number of nitrogens with one attached hydrogen (secondary N) is 1. The van der Waals surface area contributed by atoms with Crippen LogP contribution in [0.5, 0.6) is 0 Å². The molecule has 3 aromatic rings. The Hall–Kier alpha value is -2.64. The summed E-state index contributed by atoms with van der Waals surface area (Å²) in [6, 6.07) is 12.5. The quantitative estimate of drug-likeness (QED) is 0.657. The number of carbonyl (C=O) groups is 1. The molecule has 0 aliphatic carbocycles. The van der Waals surface area contributed by atoms with E-state index >= 15 is 0 Å². The van der Waals surface area contributed by atoms with E-state index in [1.807, 2.05) is 18.2 Å². The highest BCUT2D eigenvalue weighted by Gasteiger charge is 2.23. The van der Waals surface area contributed by atoms with E-state index in [1.165, 1.54) is 25.5 Å². The van der Waals surface area contributed by atoms with Crippen LogP contribution >= 0.6 is 0 Å². The molecule has 0 saturated carbocycles. The van der Waals surface area contributed by atoms with E-state index in [0.29, 0.717) is 11.3 Å². The third-order valence-corrected chi connectivity index (χ3v) is 6.63. The fraction of sp³-hybridized carbons (Fsp3) is 0.286. The van der Waals surface area contributed by atoms with Crippen LogP contribution in [0.1, 0.15) is 35.8 Å². The molecule has 0 aliphatic heterocycles. The zero-order valence-electron chi connectivity index (χ0n) is 16.6. The Bertz CT molecular complexity index is 1130. The number of hydrogen-bond acceptors (Lipinski definition) is 4. The van der Waals surface area contributed by atoms with Crippen molar-refractivity contribution in [3.8, 4) is 11.1 Å². The summed E-state index contributed by atoms with van der Waals surface area (Å²) in [7, 11) is 0.804.